The summed E-state index contributed by atoms with van der Waals surface area (Å²) in [6.07, 6.45) is 4.94. The van der Waals surface area contributed by atoms with Crippen molar-refractivity contribution in [2.75, 3.05) is 5.75 Å². The number of terminal acetylenes is 1. The smallest absolute Gasteiger partial charge is 0.189 e. The van der Waals surface area contributed by atoms with Crippen molar-refractivity contribution in [3.63, 3.8) is 0 Å². The second kappa shape index (κ2) is 3.95. The molecule has 0 saturated carbocycles. The van der Waals surface area contributed by atoms with Crippen LogP contribution in [-0.4, -0.2) is 14.2 Å². The number of hydrogen-bond acceptors (Lipinski definition) is 2. The second-order valence-corrected chi connectivity index (χ2v) is 5.32. The fourth-order valence-electron chi connectivity index (χ4n) is 0.835. The Kier molecular flexibility index (Phi) is 3.12. The Morgan fingerprint density at radius 2 is 1.85 bits per heavy atom. The van der Waals surface area contributed by atoms with Gasteiger partial charge in [-0.25, -0.2) is 8.42 Å². The summed E-state index contributed by atoms with van der Waals surface area (Å²) in [6, 6.07) is 6.39. The highest BCUT2D eigenvalue weighted by Crippen LogP contribution is 2.15. The number of rotatable bonds is 2. The summed E-state index contributed by atoms with van der Waals surface area (Å²) in [5.74, 6) is 1.87. The van der Waals surface area contributed by atoms with E-state index in [1.165, 1.54) is 12.1 Å². The van der Waals surface area contributed by atoms with Crippen LogP contribution in [0.4, 0.5) is 0 Å². The summed E-state index contributed by atoms with van der Waals surface area (Å²) in [5.41, 5.74) is 0. The summed E-state index contributed by atoms with van der Waals surface area (Å²) in [7, 11) is -3.28. The van der Waals surface area contributed by atoms with E-state index in [9.17, 15) is 8.42 Å². The molecule has 0 fully saturated rings. The summed E-state index contributed by atoms with van der Waals surface area (Å²) in [4.78, 5) is 0.258. The molecule has 0 atom stereocenters. The Bertz CT molecular complexity index is 426. The Morgan fingerprint density at radius 3 is 2.31 bits per heavy atom. The molecule has 13 heavy (non-hydrogen) atoms. The third-order valence-corrected chi connectivity index (χ3v) is 3.51. The van der Waals surface area contributed by atoms with Crippen molar-refractivity contribution >= 4 is 25.8 Å². The second-order valence-electron chi connectivity index (χ2n) is 2.42. The third kappa shape index (κ3) is 2.58. The highest BCUT2D eigenvalue weighted by atomic mass is 79.9. The zero-order valence-electron chi connectivity index (χ0n) is 6.70. The summed E-state index contributed by atoms with van der Waals surface area (Å²) in [5, 5.41) is 0. The van der Waals surface area contributed by atoms with E-state index < -0.39 is 9.84 Å². The van der Waals surface area contributed by atoms with Crippen LogP contribution in [0.5, 0.6) is 0 Å². The molecule has 0 radical (unpaired) electrons. The van der Waals surface area contributed by atoms with Crippen molar-refractivity contribution in [2.45, 2.75) is 4.90 Å². The lowest BCUT2D eigenvalue weighted by Gasteiger charge is -1.99. The van der Waals surface area contributed by atoms with Gasteiger partial charge in [-0.3, -0.25) is 0 Å². The summed E-state index contributed by atoms with van der Waals surface area (Å²) in [6.45, 7) is 0. The van der Waals surface area contributed by atoms with Gasteiger partial charge in [0.05, 0.1) is 4.90 Å². The Labute approximate surface area is 86.0 Å². The van der Waals surface area contributed by atoms with E-state index in [2.05, 4.69) is 21.9 Å². The van der Waals surface area contributed by atoms with Crippen LogP contribution in [0, 0.1) is 12.3 Å². The van der Waals surface area contributed by atoms with Gasteiger partial charge in [-0.1, -0.05) is 21.9 Å². The molecule has 1 rings (SSSR count). The van der Waals surface area contributed by atoms with Gasteiger partial charge in [0.1, 0.15) is 5.75 Å². The maximum atomic E-state index is 11.4. The molecule has 0 aromatic heterocycles. The lowest BCUT2D eigenvalue weighted by Crippen LogP contribution is -2.04. The van der Waals surface area contributed by atoms with Gasteiger partial charge < -0.3 is 0 Å². The van der Waals surface area contributed by atoms with E-state index in [1.54, 1.807) is 12.1 Å². The predicted octanol–water partition coefficient (Wildman–Crippen LogP) is 1.86. The maximum absolute atomic E-state index is 11.4. The standard InChI is InChI=1S/C9H7BrO2S/c1-2-7-13(11,12)9-5-3-8(10)4-6-9/h1,3-6H,7H2. The normalized spacial score (nSPS) is 10.8. The minimum absolute atomic E-state index is 0.255. The minimum Gasteiger partial charge on any atom is -0.223 e. The average Bonchev–Trinajstić information content (AvgIpc) is 2.05. The lowest BCUT2D eigenvalue weighted by molar-refractivity contribution is 0.599. The zero-order chi connectivity index (χ0) is 9.90. The molecule has 0 bridgehead atoms. The van der Waals surface area contributed by atoms with Crippen molar-refractivity contribution in [1.29, 1.82) is 0 Å². The van der Waals surface area contributed by atoms with E-state index >= 15 is 0 Å². The van der Waals surface area contributed by atoms with Crippen LogP contribution in [0.15, 0.2) is 33.6 Å². The fourth-order valence-corrected chi connectivity index (χ4v) is 2.04. The first-order chi connectivity index (χ1) is 6.06. The van der Waals surface area contributed by atoms with E-state index in [1.807, 2.05) is 0 Å². The molecular formula is C9H7BrO2S. The van der Waals surface area contributed by atoms with Crippen molar-refractivity contribution in [3.8, 4) is 12.3 Å². The van der Waals surface area contributed by atoms with Crippen LogP contribution in [0.2, 0.25) is 0 Å². The van der Waals surface area contributed by atoms with Gasteiger partial charge in [0.2, 0.25) is 0 Å². The van der Waals surface area contributed by atoms with E-state index in [0.717, 1.165) is 4.47 Å². The largest absolute Gasteiger partial charge is 0.223 e. The number of sulfone groups is 1. The highest BCUT2D eigenvalue weighted by molar-refractivity contribution is 9.10. The molecule has 4 heteroatoms. The molecule has 0 N–H and O–H groups in total. The molecule has 0 aliphatic rings. The van der Waals surface area contributed by atoms with Crippen LogP contribution < -0.4 is 0 Å². The van der Waals surface area contributed by atoms with Gasteiger partial charge in [-0.2, -0.15) is 0 Å². The van der Waals surface area contributed by atoms with Crippen LogP contribution >= 0.6 is 15.9 Å². The monoisotopic (exact) mass is 258 g/mol. The van der Waals surface area contributed by atoms with Crippen LogP contribution in [0.1, 0.15) is 0 Å². The molecule has 0 unspecified atom stereocenters. The molecule has 1 aromatic carbocycles. The van der Waals surface area contributed by atoms with E-state index in [0.29, 0.717) is 0 Å². The minimum atomic E-state index is -3.28. The number of halogens is 1. The zero-order valence-corrected chi connectivity index (χ0v) is 9.10. The number of benzene rings is 1. The highest BCUT2D eigenvalue weighted by Gasteiger charge is 2.11. The van der Waals surface area contributed by atoms with Gasteiger partial charge >= 0.3 is 0 Å². The van der Waals surface area contributed by atoms with Crippen molar-refractivity contribution in [2.24, 2.45) is 0 Å². The third-order valence-electron chi connectivity index (χ3n) is 1.45. The number of hydrogen-bond donors (Lipinski definition) is 0. The van der Waals surface area contributed by atoms with Crippen LogP contribution in [0.25, 0.3) is 0 Å². The van der Waals surface area contributed by atoms with Crippen molar-refractivity contribution in [1.82, 2.24) is 0 Å². The van der Waals surface area contributed by atoms with Crippen LogP contribution in [-0.2, 0) is 9.84 Å². The van der Waals surface area contributed by atoms with Crippen LogP contribution in [0.3, 0.4) is 0 Å². The fraction of sp³-hybridized carbons (Fsp3) is 0.111. The lowest BCUT2D eigenvalue weighted by atomic mass is 10.4. The van der Waals surface area contributed by atoms with Gasteiger partial charge in [-0.15, -0.1) is 6.42 Å². The summed E-state index contributed by atoms with van der Waals surface area (Å²) >= 11 is 3.22. The Balaban J connectivity index is 3.11. The van der Waals surface area contributed by atoms with Crippen molar-refractivity contribution in [3.05, 3.63) is 28.7 Å². The summed E-state index contributed by atoms with van der Waals surface area (Å²) < 4.78 is 23.6. The van der Waals surface area contributed by atoms with E-state index in [-0.39, 0.29) is 10.6 Å². The molecule has 0 saturated heterocycles. The SMILES string of the molecule is C#CCS(=O)(=O)c1ccc(Br)cc1. The molecule has 0 aliphatic carbocycles. The molecule has 0 spiro atoms. The molecule has 0 aliphatic heterocycles. The molecule has 1 aromatic rings. The molecule has 68 valence electrons. The average molecular weight is 259 g/mol. The first-order valence-corrected chi connectivity index (χ1v) is 5.92. The quantitative estimate of drug-likeness (QED) is 0.759. The molecular weight excluding hydrogens is 252 g/mol. The molecule has 0 amide bonds. The molecule has 2 nitrogen and oxygen atoms in total. The van der Waals surface area contributed by atoms with Gasteiger partial charge in [0.25, 0.3) is 0 Å². The topological polar surface area (TPSA) is 34.1 Å². The predicted molar refractivity (Wildman–Crippen MR) is 55.0 cm³/mol. The maximum Gasteiger partial charge on any atom is 0.189 e. The van der Waals surface area contributed by atoms with Gasteiger partial charge in [-0.05, 0) is 24.3 Å². The van der Waals surface area contributed by atoms with Crippen molar-refractivity contribution < 1.29 is 8.42 Å². The van der Waals surface area contributed by atoms with Gasteiger partial charge in [0.15, 0.2) is 9.84 Å². The Hall–Kier alpha value is -0.790. The van der Waals surface area contributed by atoms with Gasteiger partial charge in [0, 0.05) is 4.47 Å². The Morgan fingerprint density at radius 1 is 1.31 bits per heavy atom. The molecule has 0 heterocycles. The first-order valence-electron chi connectivity index (χ1n) is 3.48. The van der Waals surface area contributed by atoms with E-state index in [4.69, 9.17) is 6.42 Å². The first kappa shape index (κ1) is 10.3.